The average Bonchev–Trinajstić information content (AvgIpc) is 2.80. The summed E-state index contributed by atoms with van der Waals surface area (Å²) in [6, 6.07) is 10.4. The summed E-state index contributed by atoms with van der Waals surface area (Å²) in [4.78, 5) is 1.22. The third kappa shape index (κ3) is 5.27. The highest BCUT2D eigenvalue weighted by molar-refractivity contribution is 9.10. The van der Waals surface area contributed by atoms with E-state index in [1.54, 1.807) is 11.3 Å². The summed E-state index contributed by atoms with van der Waals surface area (Å²) in [6.07, 6.45) is 0. The van der Waals surface area contributed by atoms with Gasteiger partial charge in [0, 0.05) is 26.8 Å². The molecule has 2 nitrogen and oxygen atoms in total. The number of nitrogens with one attached hydrogen (secondary N) is 1. The maximum Gasteiger partial charge on any atom is 0.122 e. The quantitative estimate of drug-likeness (QED) is 0.818. The topological polar surface area (TPSA) is 21.3 Å². The van der Waals surface area contributed by atoms with Crippen molar-refractivity contribution in [2.24, 2.45) is 0 Å². The molecule has 0 fully saturated rings. The van der Waals surface area contributed by atoms with Crippen molar-refractivity contribution in [3.05, 3.63) is 50.6 Å². The molecule has 0 aliphatic heterocycles. The largest absolute Gasteiger partial charge is 0.488 e. The van der Waals surface area contributed by atoms with E-state index < -0.39 is 0 Å². The van der Waals surface area contributed by atoms with Gasteiger partial charge in [0.1, 0.15) is 12.4 Å². The van der Waals surface area contributed by atoms with Crippen LogP contribution in [0.3, 0.4) is 0 Å². The highest BCUT2D eigenvalue weighted by atomic mass is 79.9. The van der Waals surface area contributed by atoms with Gasteiger partial charge in [-0.05, 0) is 60.5 Å². The first-order valence-corrected chi connectivity index (χ1v) is 8.29. The third-order valence-electron chi connectivity index (χ3n) is 2.72. The number of hydrogen-bond acceptors (Lipinski definition) is 3. The molecule has 0 aliphatic rings. The van der Waals surface area contributed by atoms with E-state index in [9.17, 15) is 0 Å². The molecule has 0 aliphatic carbocycles. The Bertz CT molecular complexity index is 560. The lowest BCUT2D eigenvalue weighted by Crippen LogP contribution is -2.35. The number of halogens is 1. The maximum absolute atomic E-state index is 5.84. The molecule has 0 radical (unpaired) electrons. The summed E-state index contributed by atoms with van der Waals surface area (Å²) in [5.41, 5.74) is 1.37. The van der Waals surface area contributed by atoms with Crippen LogP contribution in [0.2, 0.25) is 0 Å². The van der Waals surface area contributed by atoms with Gasteiger partial charge in [0.2, 0.25) is 0 Å². The molecule has 20 heavy (non-hydrogen) atoms. The van der Waals surface area contributed by atoms with Crippen LogP contribution in [0.15, 0.2) is 40.2 Å². The predicted octanol–water partition coefficient (Wildman–Crippen LogP) is 4.98. The zero-order chi connectivity index (χ0) is 14.6. The van der Waals surface area contributed by atoms with Gasteiger partial charge in [-0.1, -0.05) is 12.1 Å². The Hall–Kier alpha value is -0.840. The van der Waals surface area contributed by atoms with Gasteiger partial charge >= 0.3 is 0 Å². The fraction of sp³-hybridized carbons (Fsp3) is 0.375. The Morgan fingerprint density at radius 1 is 1.25 bits per heavy atom. The molecule has 0 unspecified atom stereocenters. The Morgan fingerprint density at radius 3 is 2.70 bits per heavy atom. The molecule has 4 heteroatoms. The van der Waals surface area contributed by atoms with Crippen molar-refractivity contribution in [1.82, 2.24) is 5.32 Å². The van der Waals surface area contributed by atoms with E-state index in [-0.39, 0.29) is 5.54 Å². The lowest BCUT2D eigenvalue weighted by atomic mass is 10.1. The lowest BCUT2D eigenvalue weighted by Gasteiger charge is -2.20. The van der Waals surface area contributed by atoms with Gasteiger partial charge in [-0.25, -0.2) is 0 Å². The van der Waals surface area contributed by atoms with E-state index in [1.807, 2.05) is 12.1 Å². The summed E-state index contributed by atoms with van der Waals surface area (Å²) in [5.74, 6) is 0.919. The molecule has 1 N–H and O–H groups in total. The SMILES string of the molecule is CC(C)(C)NCc1cccc(OCc2cc(Br)cs2)c1. The molecule has 0 bridgehead atoms. The van der Waals surface area contributed by atoms with Crippen molar-refractivity contribution in [3.63, 3.8) is 0 Å². The van der Waals surface area contributed by atoms with Crippen molar-refractivity contribution >= 4 is 27.3 Å². The minimum absolute atomic E-state index is 0.125. The summed E-state index contributed by atoms with van der Waals surface area (Å²) < 4.78 is 6.95. The van der Waals surface area contributed by atoms with Gasteiger partial charge in [-0.15, -0.1) is 11.3 Å². The van der Waals surface area contributed by atoms with E-state index in [1.165, 1.54) is 10.4 Å². The fourth-order valence-electron chi connectivity index (χ4n) is 1.70. The van der Waals surface area contributed by atoms with Crippen LogP contribution in [0.4, 0.5) is 0 Å². The molecule has 0 saturated heterocycles. The van der Waals surface area contributed by atoms with Crippen LogP contribution in [0.5, 0.6) is 5.75 Å². The first-order valence-electron chi connectivity index (χ1n) is 6.62. The van der Waals surface area contributed by atoms with Crippen LogP contribution in [0, 0.1) is 0 Å². The highest BCUT2D eigenvalue weighted by Crippen LogP contribution is 2.22. The second-order valence-electron chi connectivity index (χ2n) is 5.77. The smallest absolute Gasteiger partial charge is 0.122 e. The van der Waals surface area contributed by atoms with Crippen molar-refractivity contribution in [2.45, 2.75) is 39.5 Å². The second-order valence-corrected chi connectivity index (χ2v) is 7.68. The molecule has 2 rings (SSSR count). The summed E-state index contributed by atoms with van der Waals surface area (Å²) in [6.45, 7) is 7.98. The number of ether oxygens (including phenoxy) is 1. The summed E-state index contributed by atoms with van der Waals surface area (Å²) >= 11 is 5.16. The van der Waals surface area contributed by atoms with Gasteiger partial charge < -0.3 is 10.1 Å². The van der Waals surface area contributed by atoms with Crippen LogP contribution in [0.1, 0.15) is 31.2 Å². The average molecular weight is 354 g/mol. The second kappa shape index (κ2) is 6.74. The molecule has 0 spiro atoms. The Kier molecular flexibility index (Phi) is 5.24. The first-order chi connectivity index (χ1) is 9.42. The number of hydrogen-bond donors (Lipinski definition) is 1. The predicted molar refractivity (Wildman–Crippen MR) is 89.4 cm³/mol. The maximum atomic E-state index is 5.84. The van der Waals surface area contributed by atoms with Crippen molar-refractivity contribution in [3.8, 4) is 5.75 Å². The molecule has 1 aromatic heterocycles. The zero-order valence-electron chi connectivity index (χ0n) is 12.1. The van der Waals surface area contributed by atoms with E-state index in [2.05, 4.69) is 65.6 Å². The standard InChI is InChI=1S/C16H20BrNOS/c1-16(2,3)18-9-12-5-4-6-14(7-12)19-10-15-8-13(17)11-20-15/h4-8,11,18H,9-10H2,1-3H3. The summed E-state index contributed by atoms with van der Waals surface area (Å²) in [5, 5.41) is 5.55. The van der Waals surface area contributed by atoms with Crippen molar-refractivity contribution in [1.29, 1.82) is 0 Å². The molecule has 0 saturated carbocycles. The van der Waals surface area contributed by atoms with Crippen molar-refractivity contribution < 1.29 is 4.74 Å². The Balaban J connectivity index is 1.92. The van der Waals surface area contributed by atoms with Gasteiger partial charge in [-0.2, -0.15) is 0 Å². The normalized spacial score (nSPS) is 11.6. The van der Waals surface area contributed by atoms with Crippen LogP contribution in [-0.2, 0) is 13.2 Å². The molecular weight excluding hydrogens is 334 g/mol. The van der Waals surface area contributed by atoms with Crippen molar-refractivity contribution in [2.75, 3.05) is 0 Å². The van der Waals surface area contributed by atoms with Crippen LogP contribution in [-0.4, -0.2) is 5.54 Å². The molecule has 1 aromatic carbocycles. The zero-order valence-corrected chi connectivity index (χ0v) is 14.5. The molecular formula is C16H20BrNOS. The van der Waals surface area contributed by atoms with E-state index in [4.69, 9.17) is 4.74 Å². The van der Waals surface area contributed by atoms with E-state index in [0.717, 1.165) is 16.8 Å². The van der Waals surface area contributed by atoms with Crippen LogP contribution >= 0.6 is 27.3 Å². The molecule has 2 aromatic rings. The number of rotatable bonds is 5. The molecule has 1 heterocycles. The third-order valence-corrected chi connectivity index (χ3v) is 4.40. The van der Waals surface area contributed by atoms with Crippen LogP contribution < -0.4 is 10.1 Å². The van der Waals surface area contributed by atoms with Gasteiger partial charge in [0.25, 0.3) is 0 Å². The van der Waals surface area contributed by atoms with Gasteiger partial charge in [-0.3, -0.25) is 0 Å². The molecule has 0 atom stereocenters. The monoisotopic (exact) mass is 353 g/mol. The van der Waals surface area contributed by atoms with E-state index in [0.29, 0.717) is 6.61 Å². The Labute approximate surface area is 133 Å². The number of thiophene rings is 1. The van der Waals surface area contributed by atoms with Gasteiger partial charge in [0.05, 0.1) is 0 Å². The minimum Gasteiger partial charge on any atom is -0.488 e. The highest BCUT2D eigenvalue weighted by Gasteiger charge is 2.08. The lowest BCUT2D eigenvalue weighted by molar-refractivity contribution is 0.309. The fourth-order valence-corrected chi connectivity index (χ4v) is 3.06. The van der Waals surface area contributed by atoms with E-state index >= 15 is 0 Å². The van der Waals surface area contributed by atoms with Crippen LogP contribution in [0.25, 0.3) is 0 Å². The number of benzene rings is 1. The Morgan fingerprint density at radius 2 is 2.05 bits per heavy atom. The minimum atomic E-state index is 0.125. The summed E-state index contributed by atoms with van der Waals surface area (Å²) in [7, 11) is 0. The first kappa shape index (κ1) is 15.5. The molecule has 0 amide bonds. The van der Waals surface area contributed by atoms with Gasteiger partial charge in [0.15, 0.2) is 0 Å². The molecule has 108 valence electrons.